The van der Waals surface area contributed by atoms with Crippen LogP contribution in [0.2, 0.25) is 0 Å². The Hall–Kier alpha value is -2.87. The van der Waals surface area contributed by atoms with Crippen molar-refractivity contribution in [2.24, 2.45) is 0 Å². The summed E-state index contributed by atoms with van der Waals surface area (Å²) in [4.78, 5) is 2.24. The third-order valence-corrected chi connectivity index (χ3v) is 5.95. The molecule has 7 nitrogen and oxygen atoms in total. The zero-order valence-corrected chi connectivity index (χ0v) is 22.6. The number of rotatable bonds is 13. The molecule has 1 aromatic heterocycles. The van der Waals surface area contributed by atoms with Crippen molar-refractivity contribution in [2.75, 3.05) is 20.3 Å². The molecule has 3 aromatic rings. The Kier molecular flexibility index (Phi) is 9.93. The maximum atomic E-state index is 10.7. The highest BCUT2D eigenvalue weighted by Crippen LogP contribution is 2.35. The van der Waals surface area contributed by atoms with E-state index in [0.717, 1.165) is 28.4 Å². The van der Waals surface area contributed by atoms with Gasteiger partial charge in [0.2, 0.25) is 5.88 Å². The van der Waals surface area contributed by atoms with Crippen LogP contribution in [0.15, 0.2) is 54.6 Å². The Labute approximate surface area is 215 Å². The van der Waals surface area contributed by atoms with E-state index in [-0.39, 0.29) is 18.1 Å². The predicted octanol–water partition coefficient (Wildman–Crippen LogP) is 5.79. The molecule has 3 rings (SSSR count). The molecule has 0 bridgehead atoms. The fourth-order valence-electron chi connectivity index (χ4n) is 3.95. The summed E-state index contributed by atoms with van der Waals surface area (Å²) in [7, 11) is 1.66. The molecule has 2 aromatic carbocycles. The largest absolute Gasteiger partial charge is 0.497 e. The predicted molar refractivity (Wildman–Crippen MR) is 143 cm³/mol. The van der Waals surface area contributed by atoms with Crippen molar-refractivity contribution in [2.45, 2.75) is 72.3 Å². The summed E-state index contributed by atoms with van der Waals surface area (Å²) in [6.45, 7) is 13.9. The van der Waals surface area contributed by atoms with E-state index in [1.54, 1.807) is 7.11 Å². The smallest absolute Gasteiger partial charge is 0.227 e. The third kappa shape index (κ3) is 7.32. The number of methoxy groups -OCH3 is 1. The molecule has 0 radical (unpaired) electrons. The van der Waals surface area contributed by atoms with Crippen LogP contribution in [0.5, 0.6) is 17.4 Å². The number of ether oxygens (including phenoxy) is 3. The summed E-state index contributed by atoms with van der Waals surface area (Å²) in [6, 6.07) is 17.8. The summed E-state index contributed by atoms with van der Waals surface area (Å²) in [5.74, 6) is 2.38. The quantitative estimate of drug-likeness (QED) is 0.324. The van der Waals surface area contributed by atoms with Gasteiger partial charge in [-0.25, -0.2) is 4.68 Å². The second-order valence-electron chi connectivity index (χ2n) is 9.91. The van der Waals surface area contributed by atoms with Crippen LogP contribution >= 0.6 is 0 Å². The van der Waals surface area contributed by atoms with Gasteiger partial charge in [0.1, 0.15) is 11.5 Å². The van der Waals surface area contributed by atoms with E-state index < -0.39 is 6.10 Å². The van der Waals surface area contributed by atoms with Gasteiger partial charge in [-0.05, 0) is 70.0 Å². The molecule has 0 aliphatic rings. The molecule has 0 aliphatic heterocycles. The van der Waals surface area contributed by atoms with Crippen LogP contribution in [-0.2, 0) is 11.3 Å². The van der Waals surface area contributed by atoms with Gasteiger partial charge in [0.25, 0.3) is 0 Å². The minimum Gasteiger partial charge on any atom is -0.497 e. The average molecular weight is 496 g/mol. The van der Waals surface area contributed by atoms with Crippen molar-refractivity contribution in [3.05, 3.63) is 65.9 Å². The van der Waals surface area contributed by atoms with Crippen molar-refractivity contribution < 1.29 is 19.3 Å². The number of benzene rings is 2. The topological polar surface area (TPSA) is 69.0 Å². The monoisotopic (exact) mass is 495 g/mol. The van der Waals surface area contributed by atoms with Crippen molar-refractivity contribution in [1.82, 2.24) is 14.7 Å². The zero-order chi connectivity index (χ0) is 26.2. The molecule has 0 saturated heterocycles. The van der Waals surface area contributed by atoms with Crippen LogP contribution in [0.3, 0.4) is 0 Å². The molecule has 1 heterocycles. The summed E-state index contributed by atoms with van der Waals surface area (Å²) in [6.07, 6.45) is -0.513. The first-order valence-electron chi connectivity index (χ1n) is 12.7. The number of hydrogen-bond acceptors (Lipinski definition) is 6. The third-order valence-electron chi connectivity index (χ3n) is 5.95. The normalized spacial score (nSPS) is 12.7. The fraction of sp³-hybridized carbons (Fsp3) is 0.483. The average Bonchev–Trinajstić information content (AvgIpc) is 3.21. The van der Waals surface area contributed by atoms with Crippen LogP contribution < -0.4 is 9.47 Å². The first-order valence-corrected chi connectivity index (χ1v) is 12.7. The molecule has 0 unspecified atom stereocenters. The van der Waals surface area contributed by atoms with Crippen molar-refractivity contribution >= 4 is 0 Å². The molecular weight excluding hydrogens is 454 g/mol. The summed E-state index contributed by atoms with van der Waals surface area (Å²) >= 11 is 0. The Morgan fingerprint density at radius 2 is 1.58 bits per heavy atom. The molecule has 196 valence electrons. The van der Waals surface area contributed by atoms with Crippen LogP contribution in [0.4, 0.5) is 0 Å². The molecule has 1 atom stereocenters. The lowest BCUT2D eigenvalue weighted by atomic mass is 10.0. The van der Waals surface area contributed by atoms with E-state index in [1.807, 2.05) is 73.1 Å². The first kappa shape index (κ1) is 27.7. The van der Waals surface area contributed by atoms with Gasteiger partial charge in [-0.15, -0.1) is 0 Å². The maximum absolute atomic E-state index is 10.7. The van der Waals surface area contributed by atoms with Gasteiger partial charge in [0.05, 0.1) is 42.9 Å². The lowest BCUT2D eigenvalue weighted by molar-refractivity contribution is -0.0137. The second-order valence-corrected chi connectivity index (χ2v) is 9.91. The SMILES string of the molecule is COc1ccc(-n2nc(C(C)C)c(CN(C[C@H](O)COC(C)C)C(C)C)c2Oc2ccccc2)cc1. The summed E-state index contributed by atoms with van der Waals surface area (Å²) in [5.41, 5.74) is 2.86. The van der Waals surface area contributed by atoms with Crippen molar-refractivity contribution in [1.29, 1.82) is 0 Å². The van der Waals surface area contributed by atoms with Gasteiger partial charge in [0.15, 0.2) is 0 Å². The van der Waals surface area contributed by atoms with Crippen LogP contribution in [0.25, 0.3) is 5.69 Å². The number of nitrogens with zero attached hydrogens (tertiary/aromatic N) is 3. The van der Waals surface area contributed by atoms with Crippen LogP contribution in [0.1, 0.15) is 58.7 Å². The number of aliphatic hydroxyl groups is 1. The van der Waals surface area contributed by atoms with Crippen LogP contribution in [0, 0.1) is 0 Å². The highest BCUT2D eigenvalue weighted by Gasteiger charge is 2.27. The van der Waals surface area contributed by atoms with E-state index in [9.17, 15) is 5.11 Å². The second kappa shape index (κ2) is 12.9. The fourth-order valence-corrected chi connectivity index (χ4v) is 3.95. The van der Waals surface area contributed by atoms with E-state index in [2.05, 4.69) is 32.6 Å². The molecule has 1 N–H and O–H groups in total. The van der Waals surface area contributed by atoms with Gasteiger partial charge in [-0.3, -0.25) is 4.90 Å². The molecule has 0 fully saturated rings. The Bertz CT molecular complexity index is 1060. The van der Waals surface area contributed by atoms with E-state index in [1.165, 1.54) is 0 Å². The van der Waals surface area contributed by atoms with Gasteiger partial charge in [0, 0.05) is 19.1 Å². The summed E-state index contributed by atoms with van der Waals surface area (Å²) in [5, 5.41) is 15.7. The summed E-state index contributed by atoms with van der Waals surface area (Å²) < 4.78 is 19.4. The molecule has 0 amide bonds. The maximum Gasteiger partial charge on any atom is 0.227 e. The lowest BCUT2D eigenvalue weighted by Gasteiger charge is -2.29. The van der Waals surface area contributed by atoms with E-state index in [4.69, 9.17) is 19.3 Å². The number of aromatic nitrogens is 2. The number of aliphatic hydroxyl groups excluding tert-OH is 1. The van der Waals surface area contributed by atoms with E-state index in [0.29, 0.717) is 25.6 Å². The first-order chi connectivity index (χ1) is 17.2. The minimum atomic E-state index is -0.590. The Morgan fingerprint density at radius 1 is 0.917 bits per heavy atom. The molecule has 0 saturated carbocycles. The number of para-hydroxylation sites is 1. The molecule has 0 aliphatic carbocycles. The van der Waals surface area contributed by atoms with Crippen molar-refractivity contribution in [3.8, 4) is 23.1 Å². The highest BCUT2D eigenvalue weighted by molar-refractivity contribution is 5.46. The molecule has 36 heavy (non-hydrogen) atoms. The van der Waals surface area contributed by atoms with Gasteiger partial charge < -0.3 is 19.3 Å². The molecular formula is C29H41N3O4. The standard InChI is InChI=1S/C29H41N3O4/c1-20(2)28-27(18-31(21(3)4)17-24(33)19-35-22(5)6)29(36-26-11-9-8-10-12-26)32(30-28)23-13-15-25(34-7)16-14-23/h8-16,20-22,24,33H,17-19H2,1-7H3/t24-/m0/s1. The number of hydrogen-bond donors (Lipinski definition) is 1. The van der Waals surface area contributed by atoms with Gasteiger partial charge in [-0.1, -0.05) is 32.0 Å². The minimum absolute atomic E-state index is 0.0771. The van der Waals surface area contributed by atoms with Crippen LogP contribution in [-0.4, -0.2) is 58.3 Å². The highest BCUT2D eigenvalue weighted by atomic mass is 16.5. The Morgan fingerprint density at radius 3 is 2.14 bits per heavy atom. The van der Waals surface area contributed by atoms with E-state index >= 15 is 0 Å². The molecule has 7 heteroatoms. The Balaban J connectivity index is 2.04. The van der Waals surface area contributed by atoms with Gasteiger partial charge >= 0.3 is 0 Å². The zero-order valence-electron chi connectivity index (χ0n) is 22.6. The molecule has 0 spiro atoms. The van der Waals surface area contributed by atoms with Crippen molar-refractivity contribution in [3.63, 3.8) is 0 Å². The van der Waals surface area contributed by atoms with Gasteiger partial charge in [-0.2, -0.15) is 5.10 Å². The lowest BCUT2D eigenvalue weighted by Crippen LogP contribution is -2.39.